The fraction of sp³-hybridized carbons (Fsp3) is 0.286. The highest BCUT2D eigenvalue weighted by atomic mass is 19.1. The maximum absolute atomic E-state index is 12.7. The minimum Gasteiger partial charge on any atom is -0.481 e. The summed E-state index contributed by atoms with van der Waals surface area (Å²) in [5.41, 5.74) is 0.839. The molecule has 1 aromatic carbocycles. The van der Waals surface area contributed by atoms with Crippen molar-refractivity contribution in [3.8, 4) is 0 Å². The molecule has 0 saturated heterocycles. The van der Waals surface area contributed by atoms with E-state index in [0.29, 0.717) is 5.56 Å². The van der Waals surface area contributed by atoms with E-state index in [1.165, 1.54) is 30.3 Å². The van der Waals surface area contributed by atoms with Crippen molar-refractivity contribution in [3.63, 3.8) is 0 Å². The van der Waals surface area contributed by atoms with E-state index in [-0.39, 0.29) is 29.5 Å². The predicted molar refractivity (Wildman–Crippen MR) is 66.5 cm³/mol. The molecule has 18 heavy (non-hydrogen) atoms. The highest BCUT2D eigenvalue weighted by Gasteiger charge is 2.16. The lowest BCUT2D eigenvalue weighted by Gasteiger charge is -2.07. The molecule has 4 heteroatoms. The van der Waals surface area contributed by atoms with Gasteiger partial charge in [0, 0.05) is 11.5 Å². The normalized spacial score (nSPS) is 11.7. The minimum atomic E-state index is -1.06. The van der Waals surface area contributed by atoms with Gasteiger partial charge in [-0.05, 0) is 23.8 Å². The third kappa shape index (κ3) is 4.13. The summed E-state index contributed by atoms with van der Waals surface area (Å²) in [6.07, 6.45) is 1.17. The van der Waals surface area contributed by atoms with E-state index in [1.54, 1.807) is 13.8 Å². The summed E-state index contributed by atoms with van der Waals surface area (Å²) in [7, 11) is 0. The molecular formula is C14H15FO3. The Bertz CT molecular complexity index is 472. The lowest BCUT2D eigenvalue weighted by Crippen LogP contribution is -2.13. The number of Topliss-reactive ketones (excluding diaryl/α,β-unsaturated/α-hetero) is 1. The number of carboxylic acids is 1. The number of hydrogen-bond donors (Lipinski definition) is 1. The van der Waals surface area contributed by atoms with Crippen LogP contribution in [0.5, 0.6) is 0 Å². The molecular weight excluding hydrogens is 235 g/mol. The van der Waals surface area contributed by atoms with Crippen LogP contribution < -0.4 is 0 Å². The summed E-state index contributed by atoms with van der Waals surface area (Å²) in [5.74, 6) is -1.91. The van der Waals surface area contributed by atoms with Crippen LogP contribution in [0.4, 0.5) is 4.39 Å². The first-order valence-electron chi connectivity index (χ1n) is 5.62. The maximum atomic E-state index is 12.7. The molecule has 0 radical (unpaired) electrons. The van der Waals surface area contributed by atoms with Crippen LogP contribution in [0.1, 0.15) is 25.8 Å². The summed E-state index contributed by atoms with van der Waals surface area (Å²) < 4.78 is 12.7. The summed E-state index contributed by atoms with van der Waals surface area (Å²) in [5, 5.41) is 8.78. The van der Waals surface area contributed by atoms with Crippen LogP contribution in [0.3, 0.4) is 0 Å². The highest BCUT2D eigenvalue weighted by Crippen LogP contribution is 2.15. The molecule has 0 aliphatic heterocycles. The second kappa shape index (κ2) is 6.10. The van der Waals surface area contributed by atoms with Gasteiger partial charge < -0.3 is 5.11 Å². The van der Waals surface area contributed by atoms with Crippen LogP contribution in [0, 0.1) is 11.7 Å². The summed E-state index contributed by atoms with van der Waals surface area (Å²) >= 11 is 0. The third-order valence-electron chi connectivity index (χ3n) is 2.39. The Labute approximate surface area is 105 Å². The smallest absolute Gasteiger partial charge is 0.307 e. The monoisotopic (exact) mass is 250 g/mol. The minimum absolute atomic E-state index is 0.207. The van der Waals surface area contributed by atoms with Crippen molar-refractivity contribution in [2.75, 3.05) is 0 Å². The van der Waals surface area contributed by atoms with E-state index >= 15 is 0 Å². The quantitative estimate of drug-likeness (QED) is 0.817. The third-order valence-corrected chi connectivity index (χ3v) is 2.39. The molecule has 96 valence electrons. The van der Waals surface area contributed by atoms with Crippen LogP contribution in [0.15, 0.2) is 29.8 Å². The molecule has 0 aliphatic carbocycles. The van der Waals surface area contributed by atoms with Gasteiger partial charge in [0.15, 0.2) is 5.78 Å². The van der Waals surface area contributed by atoms with Crippen LogP contribution >= 0.6 is 0 Å². The van der Waals surface area contributed by atoms with Crippen molar-refractivity contribution in [2.45, 2.75) is 20.3 Å². The summed E-state index contributed by atoms with van der Waals surface area (Å²) in [6, 6.07) is 5.55. The number of aliphatic carboxylic acids is 1. The van der Waals surface area contributed by atoms with Crippen LogP contribution in [-0.2, 0) is 9.59 Å². The molecule has 0 aliphatic rings. The average Bonchev–Trinajstić information content (AvgIpc) is 2.29. The number of halogens is 1. The molecule has 0 amide bonds. The van der Waals surface area contributed by atoms with Gasteiger partial charge in [-0.1, -0.05) is 26.0 Å². The first-order chi connectivity index (χ1) is 8.40. The zero-order valence-electron chi connectivity index (χ0n) is 10.3. The zero-order valence-corrected chi connectivity index (χ0v) is 10.3. The topological polar surface area (TPSA) is 54.4 Å². The first-order valence-corrected chi connectivity index (χ1v) is 5.62. The second-order valence-electron chi connectivity index (χ2n) is 4.31. The number of carboxylic acid groups (broad SMARTS) is 1. The zero-order chi connectivity index (χ0) is 13.7. The van der Waals surface area contributed by atoms with Gasteiger partial charge >= 0.3 is 5.97 Å². The SMILES string of the molecule is CC(C)C(=O)/C(=C/c1ccc(F)cc1)CC(=O)O. The Kier molecular flexibility index (Phi) is 4.77. The number of ketones is 1. The van der Waals surface area contributed by atoms with Crippen LogP contribution in [0.2, 0.25) is 0 Å². The molecule has 1 N–H and O–H groups in total. The van der Waals surface area contributed by atoms with E-state index in [1.807, 2.05) is 0 Å². The Hall–Kier alpha value is -1.97. The molecule has 0 saturated carbocycles. The van der Waals surface area contributed by atoms with E-state index in [9.17, 15) is 14.0 Å². The van der Waals surface area contributed by atoms with Crippen molar-refractivity contribution in [2.24, 2.45) is 5.92 Å². The van der Waals surface area contributed by atoms with Gasteiger partial charge in [-0.15, -0.1) is 0 Å². The molecule has 1 rings (SSSR count). The van der Waals surface area contributed by atoms with Crippen molar-refractivity contribution in [1.29, 1.82) is 0 Å². The van der Waals surface area contributed by atoms with Gasteiger partial charge in [-0.3, -0.25) is 9.59 Å². The molecule has 1 aromatic rings. The number of hydrogen-bond acceptors (Lipinski definition) is 2. The fourth-order valence-corrected chi connectivity index (χ4v) is 1.50. The van der Waals surface area contributed by atoms with E-state index in [2.05, 4.69) is 0 Å². The molecule has 0 atom stereocenters. The van der Waals surface area contributed by atoms with Crippen LogP contribution in [0.25, 0.3) is 6.08 Å². The molecule has 0 spiro atoms. The molecule has 0 bridgehead atoms. The van der Waals surface area contributed by atoms with Gasteiger partial charge in [0.1, 0.15) is 5.82 Å². The Morgan fingerprint density at radius 2 is 1.83 bits per heavy atom. The Morgan fingerprint density at radius 3 is 2.28 bits per heavy atom. The van der Waals surface area contributed by atoms with Crippen molar-refractivity contribution < 1.29 is 19.1 Å². The number of carbonyl (C=O) groups excluding carboxylic acids is 1. The fourth-order valence-electron chi connectivity index (χ4n) is 1.50. The van der Waals surface area contributed by atoms with Gasteiger partial charge in [0.05, 0.1) is 6.42 Å². The summed E-state index contributed by atoms with van der Waals surface area (Å²) in [6.45, 7) is 3.42. The standard InChI is InChI=1S/C14H15FO3/c1-9(2)14(18)11(8-13(16)17)7-10-3-5-12(15)6-4-10/h3-7,9H,8H2,1-2H3,(H,16,17)/b11-7+. The lowest BCUT2D eigenvalue weighted by atomic mass is 9.96. The molecule has 0 fully saturated rings. The predicted octanol–water partition coefficient (Wildman–Crippen LogP) is 2.91. The molecule has 0 aromatic heterocycles. The van der Waals surface area contributed by atoms with Crippen molar-refractivity contribution in [3.05, 3.63) is 41.2 Å². The van der Waals surface area contributed by atoms with E-state index < -0.39 is 5.97 Å². The average molecular weight is 250 g/mol. The molecule has 0 unspecified atom stereocenters. The van der Waals surface area contributed by atoms with E-state index in [4.69, 9.17) is 5.11 Å². The number of carbonyl (C=O) groups is 2. The van der Waals surface area contributed by atoms with Gasteiger partial charge in [-0.2, -0.15) is 0 Å². The van der Waals surface area contributed by atoms with E-state index in [0.717, 1.165) is 0 Å². The number of benzene rings is 1. The second-order valence-corrected chi connectivity index (χ2v) is 4.31. The van der Waals surface area contributed by atoms with Crippen molar-refractivity contribution in [1.82, 2.24) is 0 Å². The van der Waals surface area contributed by atoms with Crippen molar-refractivity contribution >= 4 is 17.8 Å². The number of rotatable bonds is 5. The Balaban J connectivity index is 3.05. The first kappa shape index (κ1) is 14.1. The van der Waals surface area contributed by atoms with Gasteiger partial charge in [-0.25, -0.2) is 4.39 Å². The van der Waals surface area contributed by atoms with Gasteiger partial charge in [0.25, 0.3) is 0 Å². The molecule has 3 nitrogen and oxygen atoms in total. The highest BCUT2D eigenvalue weighted by molar-refractivity contribution is 6.03. The summed E-state index contributed by atoms with van der Waals surface area (Å²) in [4.78, 5) is 22.6. The largest absolute Gasteiger partial charge is 0.481 e. The maximum Gasteiger partial charge on any atom is 0.307 e. The molecule has 0 heterocycles. The lowest BCUT2D eigenvalue weighted by molar-refractivity contribution is -0.137. The van der Waals surface area contributed by atoms with Crippen LogP contribution in [-0.4, -0.2) is 16.9 Å². The van der Waals surface area contributed by atoms with Gasteiger partial charge in [0.2, 0.25) is 0 Å². The Morgan fingerprint density at radius 1 is 1.28 bits per heavy atom.